The first-order chi connectivity index (χ1) is 14.6. The number of nitrogens with one attached hydrogen (secondary N) is 1. The molecule has 2 aromatic carbocycles. The van der Waals surface area contributed by atoms with E-state index in [9.17, 15) is 9.59 Å². The van der Waals surface area contributed by atoms with E-state index in [-0.39, 0.29) is 25.0 Å². The molecule has 0 spiro atoms. The smallest absolute Gasteiger partial charge is 0.260 e. The van der Waals surface area contributed by atoms with Crippen LogP contribution >= 0.6 is 0 Å². The molecule has 1 heterocycles. The molecule has 0 radical (unpaired) electrons. The van der Waals surface area contributed by atoms with Gasteiger partial charge >= 0.3 is 0 Å². The summed E-state index contributed by atoms with van der Waals surface area (Å²) in [7, 11) is 1.59. The number of carbonyl (C=O) groups is 2. The fourth-order valence-electron chi connectivity index (χ4n) is 3.46. The monoisotopic (exact) mass is 407 g/mol. The van der Waals surface area contributed by atoms with Crippen LogP contribution in [0.3, 0.4) is 0 Å². The van der Waals surface area contributed by atoms with E-state index in [1.807, 2.05) is 29.2 Å². The first-order valence-corrected chi connectivity index (χ1v) is 10.1. The standard InChI is InChI=1S/C23H26N4O3/c1-25(23(29)18-30-21-10-6-5-9-20(21)15-24)17-22(28)27-13-11-26(12-14-27)16-19-7-3-2-4-8-19/h2-10H,11-14,16-18H2,1H3/p+1. The van der Waals surface area contributed by atoms with Crippen molar-refractivity contribution in [2.45, 2.75) is 6.54 Å². The van der Waals surface area contributed by atoms with E-state index in [0.717, 1.165) is 19.6 Å². The molecule has 1 aliphatic rings. The van der Waals surface area contributed by atoms with Crippen LogP contribution in [0.5, 0.6) is 5.75 Å². The molecular weight excluding hydrogens is 380 g/mol. The Balaban J connectivity index is 1.42. The van der Waals surface area contributed by atoms with Gasteiger partial charge in [-0.3, -0.25) is 9.59 Å². The molecule has 0 aliphatic carbocycles. The van der Waals surface area contributed by atoms with Gasteiger partial charge in [0.1, 0.15) is 18.4 Å². The number of ether oxygens (including phenoxy) is 1. The normalized spacial score (nSPS) is 14.1. The highest BCUT2D eigenvalue weighted by molar-refractivity contribution is 5.85. The number of hydrogen-bond acceptors (Lipinski definition) is 4. The molecule has 0 aromatic heterocycles. The Morgan fingerprint density at radius 1 is 1.10 bits per heavy atom. The van der Waals surface area contributed by atoms with Crippen LogP contribution in [0.25, 0.3) is 0 Å². The van der Waals surface area contributed by atoms with Crippen LogP contribution in [0.1, 0.15) is 11.1 Å². The third-order valence-electron chi connectivity index (χ3n) is 5.28. The maximum atomic E-state index is 12.6. The van der Waals surface area contributed by atoms with E-state index >= 15 is 0 Å². The summed E-state index contributed by atoms with van der Waals surface area (Å²) in [6.45, 7) is 3.94. The van der Waals surface area contributed by atoms with Crippen molar-refractivity contribution in [1.82, 2.24) is 9.80 Å². The largest absolute Gasteiger partial charge is 0.482 e. The van der Waals surface area contributed by atoms with Crippen LogP contribution in [-0.2, 0) is 16.1 Å². The molecule has 7 nitrogen and oxygen atoms in total. The summed E-state index contributed by atoms with van der Waals surface area (Å²) in [5.74, 6) is 0.0112. The molecular formula is C23H27N4O3+. The number of rotatable bonds is 7. The van der Waals surface area contributed by atoms with Gasteiger partial charge in [-0.05, 0) is 12.1 Å². The van der Waals surface area contributed by atoms with Crippen molar-refractivity contribution in [3.05, 3.63) is 65.7 Å². The zero-order valence-corrected chi connectivity index (χ0v) is 17.2. The maximum Gasteiger partial charge on any atom is 0.260 e. The summed E-state index contributed by atoms with van der Waals surface area (Å²) >= 11 is 0. The molecule has 0 unspecified atom stereocenters. The Labute approximate surface area is 177 Å². The first-order valence-electron chi connectivity index (χ1n) is 10.1. The molecule has 156 valence electrons. The molecule has 2 amide bonds. The maximum absolute atomic E-state index is 12.6. The molecule has 0 saturated carbocycles. The zero-order valence-electron chi connectivity index (χ0n) is 17.2. The Morgan fingerprint density at radius 2 is 1.77 bits per heavy atom. The van der Waals surface area contributed by atoms with Gasteiger partial charge in [-0.1, -0.05) is 42.5 Å². The van der Waals surface area contributed by atoms with Gasteiger partial charge in [0.05, 0.1) is 38.3 Å². The fraction of sp³-hybridized carbons (Fsp3) is 0.348. The number of amides is 2. The van der Waals surface area contributed by atoms with E-state index in [2.05, 4.69) is 12.1 Å². The van der Waals surface area contributed by atoms with Gasteiger partial charge in [0.25, 0.3) is 5.91 Å². The minimum Gasteiger partial charge on any atom is -0.482 e. The number of quaternary nitrogens is 1. The van der Waals surface area contributed by atoms with Crippen molar-refractivity contribution in [3.63, 3.8) is 0 Å². The van der Waals surface area contributed by atoms with Crippen LogP contribution < -0.4 is 9.64 Å². The quantitative estimate of drug-likeness (QED) is 0.717. The summed E-state index contributed by atoms with van der Waals surface area (Å²) in [5, 5.41) is 9.08. The highest BCUT2D eigenvalue weighted by Crippen LogP contribution is 2.16. The first kappa shape index (κ1) is 21.3. The number of piperazine rings is 1. The number of nitriles is 1. The number of hydrogen-bond donors (Lipinski definition) is 1. The fourth-order valence-corrected chi connectivity index (χ4v) is 3.46. The number of nitrogens with zero attached hydrogens (tertiary/aromatic N) is 3. The van der Waals surface area contributed by atoms with Gasteiger partial charge in [-0.25, -0.2) is 0 Å². The lowest BCUT2D eigenvalue weighted by Gasteiger charge is -2.33. The van der Waals surface area contributed by atoms with Crippen molar-refractivity contribution in [1.29, 1.82) is 5.26 Å². The Hall–Kier alpha value is -3.37. The molecule has 7 heteroatoms. The van der Waals surface area contributed by atoms with Crippen LogP contribution in [-0.4, -0.2) is 68.0 Å². The molecule has 1 N–H and O–H groups in total. The van der Waals surface area contributed by atoms with Crippen LogP contribution in [0.2, 0.25) is 0 Å². The van der Waals surface area contributed by atoms with Crippen LogP contribution in [0.4, 0.5) is 0 Å². The summed E-state index contributed by atoms with van der Waals surface area (Å²) in [4.78, 5) is 29.6. The third kappa shape index (κ3) is 5.82. The minimum atomic E-state index is -0.301. The van der Waals surface area contributed by atoms with Crippen molar-refractivity contribution in [2.24, 2.45) is 0 Å². The lowest BCUT2D eigenvalue weighted by atomic mass is 10.2. The SMILES string of the molecule is CN(CC(=O)N1CC[NH+](Cc2ccccc2)CC1)C(=O)COc1ccccc1C#N. The van der Waals surface area contributed by atoms with Crippen LogP contribution in [0.15, 0.2) is 54.6 Å². The predicted octanol–water partition coefficient (Wildman–Crippen LogP) is 0.323. The Morgan fingerprint density at radius 3 is 2.47 bits per heavy atom. The summed E-state index contributed by atoms with van der Waals surface area (Å²) in [5.41, 5.74) is 1.68. The molecule has 1 saturated heterocycles. The minimum absolute atomic E-state index is 0.0239. The van der Waals surface area contributed by atoms with Crippen molar-refractivity contribution in [3.8, 4) is 11.8 Å². The number of benzene rings is 2. The average molecular weight is 407 g/mol. The second-order valence-corrected chi connectivity index (χ2v) is 7.44. The van der Waals surface area contributed by atoms with Gasteiger partial charge in [0.15, 0.2) is 6.61 Å². The van der Waals surface area contributed by atoms with Crippen molar-refractivity contribution < 1.29 is 19.2 Å². The number of carbonyl (C=O) groups excluding carboxylic acids is 2. The van der Waals surface area contributed by atoms with Crippen molar-refractivity contribution >= 4 is 11.8 Å². The second-order valence-electron chi connectivity index (χ2n) is 7.44. The lowest BCUT2D eigenvalue weighted by molar-refractivity contribution is -0.917. The second kappa shape index (κ2) is 10.4. The van der Waals surface area contributed by atoms with E-state index in [1.54, 1.807) is 31.3 Å². The van der Waals surface area contributed by atoms with Gasteiger partial charge in [-0.2, -0.15) is 5.26 Å². The van der Waals surface area contributed by atoms with Crippen LogP contribution in [0, 0.1) is 11.3 Å². The highest BCUT2D eigenvalue weighted by atomic mass is 16.5. The number of para-hydroxylation sites is 1. The molecule has 1 fully saturated rings. The third-order valence-corrected chi connectivity index (χ3v) is 5.28. The van der Waals surface area contributed by atoms with Gasteiger partial charge in [0.2, 0.25) is 5.91 Å². The van der Waals surface area contributed by atoms with E-state index in [4.69, 9.17) is 10.00 Å². The molecule has 1 aliphatic heterocycles. The predicted molar refractivity (Wildman–Crippen MR) is 112 cm³/mol. The Kier molecular flexibility index (Phi) is 7.41. The van der Waals surface area contributed by atoms with Gasteiger partial charge in [-0.15, -0.1) is 0 Å². The highest BCUT2D eigenvalue weighted by Gasteiger charge is 2.25. The average Bonchev–Trinajstić information content (AvgIpc) is 2.78. The van der Waals surface area contributed by atoms with Gasteiger partial charge < -0.3 is 19.4 Å². The summed E-state index contributed by atoms with van der Waals surface area (Å²) in [6.07, 6.45) is 0. The van der Waals surface area contributed by atoms with E-state index < -0.39 is 0 Å². The molecule has 0 atom stereocenters. The lowest BCUT2D eigenvalue weighted by Crippen LogP contribution is -3.13. The number of likely N-dealkylation sites (N-methyl/N-ethyl adjacent to an activating group) is 1. The zero-order chi connectivity index (χ0) is 21.3. The summed E-state index contributed by atoms with van der Waals surface area (Å²) < 4.78 is 5.47. The van der Waals surface area contributed by atoms with E-state index in [1.165, 1.54) is 15.4 Å². The molecule has 0 bridgehead atoms. The van der Waals surface area contributed by atoms with Gasteiger partial charge in [0, 0.05) is 12.6 Å². The van der Waals surface area contributed by atoms with E-state index in [0.29, 0.717) is 24.4 Å². The molecule has 3 rings (SSSR count). The molecule has 2 aromatic rings. The Bertz CT molecular complexity index is 902. The molecule has 30 heavy (non-hydrogen) atoms. The van der Waals surface area contributed by atoms with Crippen molar-refractivity contribution in [2.75, 3.05) is 46.4 Å². The topological polar surface area (TPSA) is 78.1 Å². The summed E-state index contributed by atoms with van der Waals surface area (Å²) in [6, 6.07) is 19.1.